The standard InChI is InChI=1S/C33H55NO5/c1-21(2)23-11-16-33(19-20-38-34(36)37)18-17-31(7)24(28(23)33)9-10-26-30(6)14-13-27(39-22(3)35)29(4,5)25(30)12-15-32(26,31)8/h21,23-28H,9-20H2,1-8H3. The normalized spacial score (nSPS) is 48.3. The van der Waals surface area contributed by atoms with E-state index >= 15 is 0 Å². The Morgan fingerprint density at radius 3 is 2.26 bits per heavy atom. The van der Waals surface area contributed by atoms with E-state index in [1.165, 1.54) is 51.4 Å². The lowest BCUT2D eigenvalue weighted by atomic mass is 9.32. The molecule has 0 aliphatic heterocycles. The van der Waals surface area contributed by atoms with Crippen LogP contribution in [0, 0.1) is 72.7 Å². The molecule has 0 amide bonds. The van der Waals surface area contributed by atoms with Gasteiger partial charge in [0.15, 0.2) is 0 Å². The van der Waals surface area contributed by atoms with E-state index in [1.54, 1.807) is 6.92 Å². The topological polar surface area (TPSA) is 78.7 Å². The Hall–Kier alpha value is -1.33. The van der Waals surface area contributed by atoms with Gasteiger partial charge in [-0.3, -0.25) is 4.79 Å². The van der Waals surface area contributed by atoms with Crippen molar-refractivity contribution in [3.63, 3.8) is 0 Å². The molecule has 6 nitrogen and oxygen atoms in total. The zero-order valence-corrected chi connectivity index (χ0v) is 26.0. The van der Waals surface area contributed by atoms with Crippen molar-refractivity contribution in [1.82, 2.24) is 0 Å². The lowest BCUT2D eigenvalue weighted by Crippen LogP contribution is -2.66. The van der Waals surface area contributed by atoms with Crippen LogP contribution in [0.1, 0.15) is 126 Å². The van der Waals surface area contributed by atoms with Crippen LogP contribution in [0.3, 0.4) is 0 Å². The summed E-state index contributed by atoms with van der Waals surface area (Å²) < 4.78 is 5.92. The van der Waals surface area contributed by atoms with Crippen molar-refractivity contribution in [3.05, 3.63) is 10.1 Å². The first-order valence-corrected chi connectivity index (χ1v) is 16.1. The summed E-state index contributed by atoms with van der Waals surface area (Å²) in [5, 5.41) is 10.4. The summed E-state index contributed by atoms with van der Waals surface area (Å²) in [6, 6.07) is 0. The molecule has 0 aromatic carbocycles. The fraction of sp³-hybridized carbons (Fsp3) is 0.970. The maximum Gasteiger partial charge on any atom is 0.302 e. The maximum atomic E-state index is 11.9. The third kappa shape index (κ3) is 4.18. The highest BCUT2D eigenvalue weighted by Gasteiger charge is 2.71. The van der Waals surface area contributed by atoms with E-state index in [0.29, 0.717) is 40.9 Å². The molecule has 6 heteroatoms. The Labute approximate surface area is 236 Å². The van der Waals surface area contributed by atoms with Crippen molar-refractivity contribution in [2.45, 2.75) is 132 Å². The minimum Gasteiger partial charge on any atom is -0.462 e. The number of fused-ring (bicyclic) bond motifs is 7. The molecule has 10 unspecified atom stereocenters. The highest BCUT2D eigenvalue weighted by atomic mass is 16.9. The zero-order chi connectivity index (χ0) is 28.6. The zero-order valence-electron chi connectivity index (χ0n) is 26.0. The van der Waals surface area contributed by atoms with Gasteiger partial charge in [-0.15, -0.1) is 10.1 Å². The molecule has 5 fully saturated rings. The summed E-state index contributed by atoms with van der Waals surface area (Å²) in [6.45, 7) is 19.3. The summed E-state index contributed by atoms with van der Waals surface area (Å²) in [5.41, 5.74) is 1.03. The molecular weight excluding hydrogens is 490 g/mol. The molecule has 0 N–H and O–H groups in total. The van der Waals surface area contributed by atoms with Gasteiger partial charge in [0.2, 0.25) is 0 Å². The highest BCUT2D eigenvalue weighted by molar-refractivity contribution is 5.66. The number of nitrogens with zero attached hydrogens (tertiary/aromatic N) is 1. The summed E-state index contributed by atoms with van der Waals surface area (Å²) in [4.78, 5) is 27.9. The third-order valence-electron chi connectivity index (χ3n) is 14.6. The number of carbonyl (C=O) groups is 1. The number of hydrogen-bond donors (Lipinski definition) is 0. The number of carbonyl (C=O) groups excluding carboxylic acids is 1. The molecule has 5 aliphatic carbocycles. The first-order chi connectivity index (χ1) is 18.1. The first-order valence-electron chi connectivity index (χ1n) is 16.1. The van der Waals surface area contributed by atoms with Gasteiger partial charge in [0, 0.05) is 12.3 Å². The van der Waals surface area contributed by atoms with Crippen molar-refractivity contribution < 1.29 is 19.5 Å². The quantitative estimate of drug-likeness (QED) is 0.191. The molecule has 222 valence electrons. The molecule has 5 aliphatic rings. The number of ether oxygens (including phenoxy) is 1. The first kappa shape index (κ1) is 29.2. The van der Waals surface area contributed by atoms with E-state index in [-0.39, 0.29) is 40.3 Å². The maximum absolute atomic E-state index is 11.9. The van der Waals surface area contributed by atoms with Gasteiger partial charge >= 0.3 is 5.97 Å². The Morgan fingerprint density at radius 2 is 1.62 bits per heavy atom. The Kier molecular flexibility index (Phi) is 7.19. The molecule has 5 saturated carbocycles. The SMILES string of the molecule is CC(=O)OC1CCC2(C)C(CCC3(C)C2CCC2C4C(C(C)C)CCC4(CCO[N+](=O)[O-])CCC23C)C1(C)C. The fourth-order valence-corrected chi connectivity index (χ4v) is 12.7. The van der Waals surface area contributed by atoms with Gasteiger partial charge in [-0.25, -0.2) is 0 Å². The van der Waals surface area contributed by atoms with Crippen molar-refractivity contribution >= 4 is 5.97 Å². The molecule has 39 heavy (non-hydrogen) atoms. The van der Waals surface area contributed by atoms with Crippen LogP contribution < -0.4 is 0 Å². The van der Waals surface area contributed by atoms with Gasteiger partial charge in [-0.2, -0.15) is 0 Å². The minimum atomic E-state index is -0.601. The van der Waals surface area contributed by atoms with Crippen molar-refractivity contribution in [3.8, 4) is 0 Å². The predicted octanol–water partition coefficient (Wildman–Crippen LogP) is 8.25. The minimum absolute atomic E-state index is 0.00925. The molecule has 0 spiro atoms. The van der Waals surface area contributed by atoms with Gasteiger partial charge in [-0.1, -0.05) is 48.5 Å². The van der Waals surface area contributed by atoms with Crippen LogP contribution in [0.25, 0.3) is 0 Å². The summed E-state index contributed by atoms with van der Waals surface area (Å²) in [7, 11) is 0. The fourth-order valence-electron chi connectivity index (χ4n) is 12.7. The smallest absolute Gasteiger partial charge is 0.302 e. The van der Waals surface area contributed by atoms with Crippen LogP contribution in [0.5, 0.6) is 0 Å². The largest absolute Gasteiger partial charge is 0.462 e. The van der Waals surface area contributed by atoms with Crippen molar-refractivity contribution in [1.29, 1.82) is 0 Å². The summed E-state index contributed by atoms with van der Waals surface area (Å²) >= 11 is 0. The van der Waals surface area contributed by atoms with Gasteiger partial charge in [0.1, 0.15) is 6.10 Å². The van der Waals surface area contributed by atoms with Gasteiger partial charge in [-0.05, 0) is 128 Å². The molecule has 5 rings (SSSR count). The lowest BCUT2D eigenvalue weighted by Gasteiger charge is -2.73. The second kappa shape index (κ2) is 9.61. The average Bonchev–Trinajstić information content (AvgIpc) is 3.21. The number of esters is 1. The van der Waals surface area contributed by atoms with E-state index < -0.39 is 5.09 Å². The van der Waals surface area contributed by atoms with E-state index in [4.69, 9.17) is 9.57 Å². The second-order valence-electron chi connectivity index (χ2n) is 16.3. The van der Waals surface area contributed by atoms with E-state index in [2.05, 4.69) is 48.5 Å². The van der Waals surface area contributed by atoms with Crippen molar-refractivity contribution in [2.75, 3.05) is 6.61 Å². The molecule has 10 atom stereocenters. The van der Waals surface area contributed by atoms with Crippen LogP contribution in [0.2, 0.25) is 0 Å². The molecule has 0 bridgehead atoms. The molecule has 0 heterocycles. The molecule has 0 saturated heterocycles. The van der Waals surface area contributed by atoms with E-state index in [1.807, 2.05) is 0 Å². The van der Waals surface area contributed by atoms with E-state index in [9.17, 15) is 14.9 Å². The van der Waals surface area contributed by atoms with Gasteiger partial charge in [0.25, 0.3) is 5.09 Å². The summed E-state index contributed by atoms with van der Waals surface area (Å²) in [6.07, 6.45) is 12.9. The Balaban J connectivity index is 1.47. The van der Waals surface area contributed by atoms with Crippen LogP contribution in [-0.2, 0) is 14.4 Å². The van der Waals surface area contributed by atoms with Crippen LogP contribution in [0.4, 0.5) is 0 Å². The summed E-state index contributed by atoms with van der Waals surface area (Å²) in [5.74, 6) is 3.79. The molecule has 0 radical (unpaired) electrons. The molecule has 0 aromatic rings. The monoisotopic (exact) mass is 545 g/mol. The Morgan fingerprint density at radius 1 is 0.897 bits per heavy atom. The highest BCUT2D eigenvalue weighted by Crippen LogP contribution is 2.78. The lowest BCUT2D eigenvalue weighted by molar-refractivity contribution is -0.758. The average molecular weight is 546 g/mol. The molecule has 0 aromatic heterocycles. The predicted molar refractivity (Wildman–Crippen MR) is 152 cm³/mol. The van der Waals surface area contributed by atoms with Gasteiger partial charge in [0.05, 0.1) is 6.61 Å². The van der Waals surface area contributed by atoms with Crippen LogP contribution >= 0.6 is 0 Å². The molecular formula is C33H55NO5. The third-order valence-corrected chi connectivity index (χ3v) is 14.6. The number of rotatable bonds is 6. The van der Waals surface area contributed by atoms with Gasteiger partial charge < -0.3 is 9.57 Å². The van der Waals surface area contributed by atoms with Crippen LogP contribution in [0.15, 0.2) is 0 Å². The van der Waals surface area contributed by atoms with Crippen LogP contribution in [-0.4, -0.2) is 23.8 Å². The second-order valence-corrected chi connectivity index (χ2v) is 16.3. The Bertz CT molecular complexity index is 979. The van der Waals surface area contributed by atoms with E-state index in [0.717, 1.165) is 19.3 Å². The number of hydrogen-bond acceptors (Lipinski definition) is 5. The van der Waals surface area contributed by atoms with Crippen molar-refractivity contribution in [2.24, 2.45) is 62.6 Å².